The minimum Gasteiger partial charge on any atom is -0.465 e. The smallest absolute Gasteiger partial charge is 0.319 e. The molecule has 2 aromatic rings. The van der Waals surface area contributed by atoms with E-state index in [1.165, 1.54) is 28.6 Å². The standard InChI is InChI=1S/C16H20N2O2S2/c1-4-20-16(19)10(3)21-14-13-11-6-5-9(2)7-12(11)22-15(13)18-8-17-14/h8-10H,4-7H2,1-3H3/t9-,10-/m0/s1. The third kappa shape index (κ3) is 2.99. The maximum Gasteiger partial charge on any atom is 0.319 e. The number of hydrogen-bond donors (Lipinski definition) is 0. The molecule has 2 heterocycles. The number of aromatic nitrogens is 2. The summed E-state index contributed by atoms with van der Waals surface area (Å²) in [5.41, 5.74) is 1.40. The molecule has 0 saturated carbocycles. The molecule has 2 atom stereocenters. The van der Waals surface area contributed by atoms with E-state index >= 15 is 0 Å². The number of rotatable bonds is 4. The number of ether oxygens (including phenoxy) is 1. The van der Waals surface area contributed by atoms with Crippen molar-refractivity contribution >= 4 is 39.3 Å². The average molecular weight is 336 g/mol. The van der Waals surface area contributed by atoms with Crippen LogP contribution in [0.2, 0.25) is 0 Å². The molecule has 0 aliphatic heterocycles. The van der Waals surface area contributed by atoms with Crippen molar-refractivity contribution in [2.75, 3.05) is 6.61 Å². The summed E-state index contributed by atoms with van der Waals surface area (Å²) in [6.07, 6.45) is 5.04. The van der Waals surface area contributed by atoms with Crippen LogP contribution in [0.15, 0.2) is 11.4 Å². The van der Waals surface area contributed by atoms with Crippen LogP contribution in [-0.2, 0) is 22.4 Å². The van der Waals surface area contributed by atoms with Crippen LogP contribution in [0, 0.1) is 5.92 Å². The fourth-order valence-electron chi connectivity index (χ4n) is 2.81. The first-order valence-corrected chi connectivity index (χ1v) is 9.38. The molecule has 22 heavy (non-hydrogen) atoms. The van der Waals surface area contributed by atoms with E-state index in [1.54, 1.807) is 17.7 Å². The van der Waals surface area contributed by atoms with E-state index in [0.717, 1.165) is 34.0 Å². The van der Waals surface area contributed by atoms with Gasteiger partial charge in [0.1, 0.15) is 21.4 Å². The van der Waals surface area contributed by atoms with Gasteiger partial charge in [-0.2, -0.15) is 0 Å². The van der Waals surface area contributed by atoms with Crippen molar-refractivity contribution in [2.45, 2.75) is 50.3 Å². The number of hydrogen-bond acceptors (Lipinski definition) is 6. The van der Waals surface area contributed by atoms with Gasteiger partial charge in [0.05, 0.1) is 6.61 Å². The maximum atomic E-state index is 11.9. The van der Waals surface area contributed by atoms with Crippen LogP contribution in [-0.4, -0.2) is 27.8 Å². The molecule has 0 saturated heterocycles. The van der Waals surface area contributed by atoms with Gasteiger partial charge in [-0.05, 0) is 44.6 Å². The van der Waals surface area contributed by atoms with Crippen molar-refractivity contribution in [3.8, 4) is 0 Å². The molecule has 118 valence electrons. The molecule has 0 aromatic carbocycles. The lowest BCUT2D eigenvalue weighted by Gasteiger charge is -2.18. The molecule has 1 aliphatic carbocycles. The quantitative estimate of drug-likeness (QED) is 0.482. The summed E-state index contributed by atoms with van der Waals surface area (Å²) in [5, 5.41) is 1.82. The Morgan fingerprint density at radius 1 is 1.55 bits per heavy atom. The van der Waals surface area contributed by atoms with E-state index in [9.17, 15) is 4.79 Å². The highest BCUT2D eigenvalue weighted by Gasteiger charge is 2.25. The van der Waals surface area contributed by atoms with E-state index < -0.39 is 0 Å². The van der Waals surface area contributed by atoms with Crippen molar-refractivity contribution in [3.05, 3.63) is 16.8 Å². The number of carbonyl (C=O) groups is 1. The van der Waals surface area contributed by atoms with E-state index in [4.69, 9.17) is 4.74 Å². The summed E-state index contributed by atoms with van der Waals surface area (Å²) in [5.74, 6) is 0.556. The predicted molar refractivity (Wildman–Crippen MR) is 90.6 cm³/mol. The van der Waals surface area contributed by atoms with E-state index in [1.807, 2.05) is 13.8 Å². The molecule has 4 nitrogen and oxygen atoms in total. The molecule has 0 spiro atoms. The lowest BCUT2D eigenvalue weighted by Crippen LogP contribution is -2.17. The van der Waals surface area contributed by atoms with Gasteiger partial charge in [-0.15, -0.1) is 11.3 Å². The van der Waals surface area contributed by atoms with E-state index in [-0.39, 0.29) is 11.2 Å². The monoisotopic (exact) mass is 336 g/mol. The molecular formula is C16H20N2O2S2. The highest BCUT2D eigenvalue weighted by atomic mass is 32.2. The second-order valence-corrected chi connectivity index (χ2v) is 8.14. The first-order valence-electron chi connectivity index (χ1n) is 7.68. The summed E-state index contributed by atoms with van der Waals surface area (Å²) >= 11 is 3.26. The van der Waals surface area contributed by atoms with Crippen LogP contribution in [0.3, 0.4) is 0 Å². The summed E-state index contributed by atoms with van der Waals surface area (Å²) in [7, 11) is 0. The molecule has 0 N–H and O–H groups in total. The Hall–Kier alpha value is -1.14. The zero-order valence-electron chi connectivity index (χ0n) is 13.1. The van der Waals surface area contributed by atoms with Crippen molar-refractivity contribution in [1.82, 2.24) is 9.97 Å². The normalized spacial score (nSPS) is 19.0. The highest BCUT2D eigenvalue weighted by Crippen LogP contribution is 2.41. The zero-order chi connectivity index (χ0) is 15.7. The van der Waals surface area contributed by atoms with Gasteiger partial charge in [-0.25, -0.2) is 9.97 Å². The minimum atomic E-state index is -0.254. The Bertz CT molecular complexity index is 699. The van der Waals surface area contributed by atoms with Gasteiger partial charge in [0.2, 0.25) is 0 Å². The molecule has 3 rings (SSSR count). The molecule has 2 aromatic heterocycles. The summed E-state index contributed by atoms with van der Waals surface area (Å²) < 4.78 is 5.10. The number of fused-ring (bicyclic) bond motifs is 3. The van der Waals surface area contributed by atoms with Crippen LogP contribution >= 0.6 is 23.1 Å². The lowest BCUT2D eigenvalue weighted by molar-refractivity contribution is -0.142. The third-order valence-electron chi connectivity index (χ3n) is 3.96. The largest absolute Gasteiger partial charge is 0.465 e. The van der Waals surface area contributed by atoms with Crippen molar-refractivity contribution < 1.29 is 9.53 Å². The SMILES string of the molecule is CCOC(=O)[C@H](C)Sc1ncnc2sc3c(c12)CC[C@H](C)C3. The number of aryl methyl sites for hydroxylation is 1. The Morgan fingerprint density at radius 3 is 3.14 bits per heavy atom. The van der Waals surface area contributed by atoms with Gasteiger partial charge in [0.25, 0.3) is 0 Å². The third-order valence-corrected chi connectivity index (χ3v) is 6.21. The van der Waals surface area contributed by atoms with Crippen LogP contribution in [0.1, 0.15) is 37.6 Å². The van der Waals surface area contributed by atoms with Crippen molar-refractivity contribution in [3.63, 3.8) is 0 Å². The van der Waals surface area contributed by atoms with E-state index in [2.05, 4.69) is 16.9 Å². The second kappa shape index (κ2) is 6.54. The van der Waals surface area contributed by atoms with Crippen molar-refractivity contribution in [2.24, 2.45) is 5.92 Å². The number of esters is 1. The average Bonchev–Trinajstić information content (AvgIpc) is 2.85. The molecule has 0 fully saturated rings. The number of nitrogens with zero attached hydrogens (tertiary/aromatic N) is 2. The van der Waals surface area contributed by atoms with E-state index in [0.29, 0.717) is 6.61 Å². The lowest BCUT2D eigenvalue weighted by atomic mass is 9.89. The Kier molecular flexibility index (Phi) is 4.68. The first kappa shape index (κ1) is 15.7. The van der Waals surface area contributed by atoms with Gasteiger partial charge in [-0.1, -0.05) is 18.7 Å². The van der Waals surface area contributed by atoms with Crippen LogP contribution in [0.5, 0.6) is 0 Å². The Balaban J connectivity index is 1.95. The van der Waals surface area contributed by atoms with Crippen LogP contribution in [0.4, 0.5) is 0 Å². The van der Waals surface area contributed by atoms with Crippen LogP contribution in [0.25, 0.3) is 10.2 Å². The Labute approximate surface area is 138 Å². The molecular weight excluding hydrogens is 316 g/mol. The zero-order valence-corrected chi connectivity index (χ0v) is 14.7. The Morgan fingerprint density at radius 2 is 2.36 bits per heavy atom. The fourth-order valence-corrected chi connectivity index (χ4v) is 5.17. The predicted octanol–water partition coefficient (Wildman–Crippen LogP) is 3.86. The van der Waals surface area contributed by atoms with Gasteiger partial charge < -0.3 is 4.74 Å². The number of thiophene rings is 1. The minimum absolute atomic E-state index is 0.183. The van der Waals surface area contributed by atoms with Crippen LogP contribution < -0.4 is 0 Å². The fraction of sp³-hybridized carbons (Fsp3) is 0.562. The highest BCUT2D eigenvalue weighted by molar-refractivity contribution is 8.00. The van der Waals surface area contributed by atoms with Gasteiger partial charge in [-0.3, -0.25) is 4.79 Å². The first-order chi connectivity index (χ1) is 10.6. The number of carbonyl (C=O) groups excluding carboxylic acids is 1. The topological polar surface area (TPSA) is 52.1 Å². The molecule has 0 unspecified atom stereocenters. The van der Waals surface area contributed by atoms with Gasteiger partial charge in [0.15, 0.2) is 0 Å². The second-order valence-electron chi connectivity index (χ2n) is 5.72. The van der Waals surface area contributed by atoms with Gasteiger partial charge in [0, 0.05) is 10.3 Å². The summed E-state index contributed by atoms with van der Waals surface area (Å²) in [6, 6.07) is 0. The molecule has 0 bridgehead atoms. The number of thioether (sulfide) groups is 1. The molecule has 6 heteroatoms. The summed E-state index contributed by atoms with van der Waals surface area (Å²) in [4.78, 5) is 23.2. The summed E-state index contributed by atoms with van der Waals surface area (Å²) in [6.45, 7) is 6.41. The maximum absolute atomic E-state index is 11.9. The molecule has 0 amide bonds. The molecule has 1 aliphatic rings. The van der Waals surface area contributed by atoms with Crippen molar-refractivity contribution in [1.29, 1.82) is 0 Å². The molecule has 0 radical (unpaired) electrons. The van der Waals surface area contributed by atoms with Gasteiger partial charge >= 0.3 is 5.97 Å².